The van der Waals surface area contributed by atoms with Crippen molar-refractivity contribution in [3.63, 3.8) is 0 Å². The van der Waals surface area contributed by atoms with Gasteiger partial charge in [-0.05, 0) is 67.3 Å². The standard InChI is InChI=1S/C40H44N2O5/c1-44-31-16-15-29-21-32-38-17-18-40(45-2,37-39(38,34(29)36(31)47-37)19-20-42(32)24-26-13-14-26)30(22-38)35(28-11-7-4-8-12-28)41-23-33(43)46-25-27-9-5-3-6-10-27/h3-12,15-18,26,30,32,35,37,41H,13-14,19-25H2,1-2H3/t30?,32-,35?,37-,38-,39+,40-/m1/s1. The zero-order valence-electron chi connectivity index (χ0n) is 27.3. The van der Waals surface area contributed by atoms with E-state index in [-0.39, 0.29) is 48.0 Å². The Morgan fingerprint density at radius 1 is 1.02 bits per heavy atom. The number of methoxy groups -OCH3 is 2. The Balaban J connectivity index is 1.12. The summed E-state index contributed by atoms with van der Waals surface area (Å²) in [5.41, 5.74) is 3.83. The number of benzene rings is 3. The Hall–Kier alpha value is -3.65. The van der Waals surface area contributed by atoms with Crippen LogP contribution in [0.15, 0.2) is 84.9 Å². The molecule has 7 nitrogen and oxygen atoms in total. The molecule has 3 aromatic carbocycles. The third kappa shape index (κ3) is 4.19. The molecule has 7 aliphatic rings. The summed E-state index contributed by atoms with van der Waals surface area (Å²) in [4.78, 5) is 16.0. The molecule has 2 spiro atoms. The molecule has 5 aliphatic carbocycles. The molecule has 3 aromatic rings. The van der Waals surface area contributed by atoms with Crippen molar-refractivity contribution in [3.8, 4) is 11.5 Å². The number of hydrogen-bond donors (Lipinski definition) is 1. The van der Waals surface area contributed by atoms with Gasteiger partial charge >= 0.3 is 5.97 Å². The molecule has 244 valence electrons. The van der Waals surface area contributed by atoms with Gasteiger partial charge in [0.2, 0.25) is 0 Å². The van der Waals surface area contributed by atoms with Gasteiger partial charge < -0.3 is 18.9 Å². The molecule has 0 radical (unpaired) electrons. The van der Waals surface area contributed by atoms with Crippen LogP contribution in [0.25, 0.3) is 0 Å². The van der Waals surface area contributed by atoms with E-state index in [1.165, 1.54) is 30.5 Å². The molecular weight excluding hydrogens is 588 g/mol. The Bertz CT molecular complexity index is 1710. The minimum absolute atomic E-state index is 0.00480. The molecular formula is C40H44N2O5. The number of nitrogens with zero attached hydrogens (tertiary/aromatic N) is 1. The first-order valence-corrected chi connectivity index (χ1v) is 17.4. The van der Waals surface area contributed by atoms with Crippen molar-refractivity contribution >= 4 is 5.97 Å². The predicted molar refractivity (Wildman–Crippen MR) is 178 cm³/mol. The van der Waals surface area contributed by atoms with E-state index in [9.17, 15) is 4.79 Å². The fourth-order valence-electron chi connectivity index (χ4n) is 10.5. The van der Waals surface area contributed by atoms with Crippen LogP contribution in [-0.2, 0) is 32.7 Å². The Morgan fingerprint density at radius 3 is 2.55 bits per heavy atom. The van der Waals surface area contributed by atoms with E-state index in [2.05, 4.69) is 58.8 Å². The molecule has 4 bridgehead atoms. The molecule has 10 rings (SSSR count). The highest BCUT2D eigenvalue weighted by Gasteiger charge is 2.79. The first kappa shape index (κ1) is 29.5. The first-order valence-electron chi connectivity index (χ1n) is 17.4. The summed E-state index contributed by atoms with van der Waals surface area (Å²) in [6.07, 6.45) is 10.3. The van der Waals surface area contributed by atoms with Crippen molar-refractivity contribution < 1.29 is 23.7 Å². The van der Waals surface area contributed by atoms with Gasteiger partial charge in [-0.1, -0.05) is 78.9 Å². The van der Waals surface area contributed by atoms with Gasteiger partial charge in [0.05, 0.1) is 19.1 Å². The first-order chi connectivity index (χ1) is 23.0. The van der Waals surface area contributed by atoms with Crippen LogP contribution in [0.3, 0.4) is 0 Å². The zero-order chi connectivity index (χ0) is 31.8. The van der Waals surface area contributed by atoms with Crippen molar-refractivity contribution in [2.24, 2.45) is 17.3 Å². The van der Waals surface area contributed by atoms with Crippen molar-refractivity contribution in [2.75, 3.05) is 33.9 Å². The third-order valence-electron chi connectivity index (χ3n) is 12.6. The van der Waals surface area contributed by atoms with Gasteiger partial charge in [-0.25, -0.2) is 0 Å². The van der Waals surface area contributed by atoms with Gasteiger partial charge in [-0.3, -0.25) is 15.0 Å². The fraction of sp³-hybridized carbons (Fsp3) is 0.475. The second-order valence-corrected chi connectivity index (χ2v) is 14.7. The van der Waals surface area contributed by atoms with Gasteiger partial charge in [-0.15, -0.1) is 0 Å². The van der Waals surface area contributed by atoms with E-state index in [1.807, 2.05) is 43.5 Å². The minimum Gasteiger partial charge on any atom is -0.493 e. The number of carbonyl (C=O) groups is 1. The van der Waals surface area contributed by atoms with Crippen molar-refractivity contribution in [1.82, 2.24) is 10.2 Å². The molecule has 2 saturated carbocycles. The third-order valence-corrected chi connectivity index (χ3v) is 12.6. The maximum atomic E-state index is 13.2. The number of nitrogens with one attached hydrogen (secondary N) is 1. The van der Waals surface area contributed by atoms with Gasteiger partial charge in [0, 0.05) is 42.6 Å². The fourth-order valence-corrected chi connectivity index (χ4v) is 10.5. The van der Waals surface area contributed by atoms with E-state index in [0.717, 1.165) is 54.4 Å². The normalized spacial score (nSPS) is 33.2. The van der Waals surface area contributed by atoms with Crippen LogP contribution >= 0.6 is 0 Å². The van der Waals surface area contributed by atoms with E-state index >= 15 is 0 Å². The topological polar surface area (TPSA) is 69.3 Å². The van der Waals surface area contributed by atoms with Crippen LogP contribution in [0.2, 0.25) is 0 Å². The Labute approximate surface area is 277 Å². The zero-order valence-corrected chi connectivity index (χ0v) is 27.3. The number of piperidine rings is 1. The lowest BCUT2D eigenvalue weighted by molar-refractivity contribution is -0.222. The number of carbonyl (C=O) groups excluding carboxylic acids is 1. The summed E-state index contributed by atoms with van der Waals surface area (Å²) >= 11 is 0. The Kier molecular flexibility index (Phi) is 6.86. The van der Waals surface area contributed by atoms with Gasteiger partial charge in [0.25, 0.3) is 0 Å². The minimum atomic E-state index is -0.717. The molecule has 2 aliphatic heterocycles. The van der Waals surface area contributed by atoms with Crippen molar-refractivity contribution in [1.29, 1.82) is 0 Å². The monoisotopic (exact) mass is 632 g/mol. The van der Waals surface area contributed by atoms with Gasteiger partial charge in [-0.2, -0.15) is 0 Å². The number of hydrogen-bond acceptors (Lipinski definition) is 7. The van der Waals surface area contributed by atoms with Crippen LogP contribution in [-0.4, -0.2) is 62.5 Å². The lowest BCUT2D eigenvalue weighted by Gasteiger charge is -2.72. The summed E-state index contributed by atoms with van der Waals surface area (Å²) < 4.78 is 25.7. The van der Waals surface area contributed by atoms with Gasteiger partial charge in [0.15, 0.2) is 11.5 Å². The van der Waals surface area contributed by atoms with E-state index in [4.69, 9.17) is 18.9 Å². The number of ether oxygens (including phenoxy) is 4. The molecule has 47 heavy (non-hydrogen) atoms. The lowest BCUT2D eigenvalue weighted by Crippen LogP contribution is -2.80. The highest BCUT2D eigenvalue weighted by molar-refractivity contribution is 5.72. The van der Waals surface area contributed by atoms with Crippen LogP contribution in [0.4, 0.5) is 0 Å². The van der Waals surface area contributed by atoms with E-state index in [0.29, 0.717) is 6.04 Å². The second-order valence-electron chi connectivity index (χ2n) is 14.7. The highest BCUT2D eigenvalue weighted by atomic mass is 16.6. The summed E-state index contributed by atoms with van der Waals surface area (Å²) in [5, 5.41) is 3.70. The van der Waals surface area contributed by atoms with Crippen LogP contribution in [0.5, 0.6) is 11.5 Å². The summed E-state index contributed by atoms with van der Waals surface area (Å²) in [6.45, 7) is 2.61. The number of esters is 1. The maximum Gasteiger partial charge on any atom is 0.320 e. The largest absolute Gasteiger partial charge is 0.493 e. The van der Waals surface area contributed by atoms with Crippen LogP contribution in [0.1, 0.15) is 54.0 Å². The molecule has 2 unspecified atom stereocenters. The van der Waals surface area contributed by atoms with Gasteiger partial charge in [0.1, 0.15) is 18.3 Å². The predicted octanol–water partition coefficient (Wildman–Crippen LogP) is 5.77. The van der Waals surface area contributed by atoms with E-state index in [1.54, 1.807) is 7.11 Å². The number of fused-ring (bicyclic) bond motifs is 1. The van der Waals surface area contributed by atoms with E-state index < -0.39 is 5.60 Å². The number of rotatable bonds is 11. The molecule has 7 atom stereocenters. The Morgan fingerprint density at radius 2 is 1.81 bits per heavy atom. The summed E-state index contributed by atoms with van der Waals surface area (Å²) in [5.74, 6) is 2.27. The molecule has 3 fully saturated rings. The smallest absolute Gasteiger partial charge is 0.320 e. The molecule has 0 amide bonds. The van der Waals surface area contributed by atoms with Crippen LogP contribution in [0, 0.1) is 17.3 Å². The van der Waals surface area contributed by atoms with Crippen molar-refractivity contribution in [2.45, 2.75) is 67.9 Å². The SMILES string of the molecule is COc1ccc2c3c1O[C@@H]1[C@]34CCN(CC3CC3)[C@H](C2)[C@]42C=C[C@@]1(OC)C(C(NCC(=O)OCc1ccccc1)c1ccccc1)C2. The molecule has 1 N–H and O–H groups in total. The average Bonchev–Trinajstić information content (AvgIpc) is 3.86. The average molecular weight is 633 g/mol. The van der Waals surface area contributed by atoms with Crippen molar-refractivity contribution in [3.05, 3.63) is 107 Å². The molecule has 2 heterocycles. The lowest BCUT2D eigenvalue weighted by atomic mass is 9.36. The second kappa shape index (κ2) is 10.9. The molecule has 0 aromatic heterocycles. The van der Waals surface area contributed by atoms with Crippen LogP contribution < -0.4 is 14.8 Å². The number of likely N-dealkylation sites (tertiary alicyclic amines) is 1. The molecule has 7 heteroatoms. The highest BCUT2D eigenvalue weighted by Crippen LogP contribution is 2.75. The summed E-state index contributed by atoms with van der Waals surface area (Å²) in [6, 6.07) is 25.0. The maximum absolute atomic E-state index is 13.2. The quantitative estimate of drug-likeness (QED) is 0.213. The summed E-state index contributed by atoms with van der Waals surface area (Å²) in [7, 11) is 3.59. The molecule has 1 saturated heterocycles.